The number of hydrogen-bond donors (Lipinski definition) is 0. The van der Waals surface area contributed by atoms with Crippen LogP contribution in [0.2, 0.25) is 5.02 Å². The standard InChI is InChI=1S/C23H15ClN2O3S3/c1-14-6-8-16(9-7-14)31-17-10-11-19(26(28)29)15(12-17)13-21-22(27)25(23(30)32-21)20-5-3-2-4-18(20)24/h2-13H,1H3/b21-13-. The first-order chi connectivity index (χ1) is 15.3. The molecule has 1 aliphatic heterocycles. The number of halogens is 1. The SMILES string of the molecule is Cc1ccc(Sc2ccc([N+](=O)[O-])c(/C=C3\SC(=S)N(c4ccccc4Cl)C3=O)c2)cc1. The van der Waals surface area contributed by atoms with Gasteiger partial charge in [-0.3, -0.25) is 19.8 Å². The minimum atomic E-state index is -0.457. The fourth-order valence-corrected chi connectivity index (χ4v) is 5.43. The van der Waals surface area contributed by atoms with Gasteiger partial charge in [0.25, 0.3) is 11.6 Å². The molecule has 9 heteroatoms. The summed E-state index contributed by atoms with van der Waals surface area (Å²) in [6.45, 7) is 2.01. The molecule has 0 N–H and O–H groups in total. The van der Waals surface area contributed by atoms with Crippen molar-refractivity contribution in [3.05, 3.63) is 97.9 Å². The fraction of sp³-hybridized carbons (Fsp3) is 0.0435. The van der Waals surface area contributed by atoms with Crippen molar-refractivity contribution in [2.24, 2.45) is 0 Å². The van der Waals surface area contributed by atoms with E-state index in [-0.39, 0.29) is 11.6 Å². The maximum Gasteiger partial charge on any atom is 0.276 e. The molecule has 0 unspecified atom stereocenters. The summed E-state index contributed by atoms with van der Waals surface area (Å²) in [5, 5.41) is 12.0. The molecular weight excluding hydrogens is 484 g/mol. The molecule has 1 aliphatic rings. The number of benzene rings is 3. The van der Waals surface area contributed by atoms with Gasteiger partial charge >= 0.3 is 0 Å². The number of aryl methyl sites for hydroxylation is 1. The second kappa shape index (κ2) is 9.46. The number of nitro benzene ring substituents is 1. The van der Waals surface area contributed by atoms with Crippen LogP contribution in [0.5, 0.6) is 0 Å². The van der Waals surface area contributed by atoms with E-state index >= 15 is 0 Å². The normalized spacial score (nSPS) is 14.9. The molecule has 0 saturated carbocycles. The highest BCUT2D eigenvalue weighted by molar-refractivity contribution is 8.27. The van der Waals surface area contributed by atoms with Gasteiger partial charge in [0.2, 0.25) is 0 Å². The third-order valence-corrected chi connectivity index (χ3v) is 7.25. The zero-order valence-corrected chi connectivity index (χ0v) is 19.9. The molecule has 0 aliphatic carbocycles. The minimum Gasteiger partial charge on any atom is -0.268 e. The van der Waals surface area contributed by atoms with Crippen LogP contribution < -0.4 is 4.90 Å². The predicted molar refractivity (Wildman–Crippen MR) is 136 cm³/mol. The second-order valence-electron chi connectivity index (χ2n) is 6.86. The number of nitrogens with zero attached hydrogens (tertiary/aromatic N) is 2. The molecule has 0 aromatic heterocycles. The van der Waals surface area contributed by atoms with Gasteiger partial charge in [0.15, 0.2) is 4.32 Å². The smallest absolute Gasteiger partial charge is 0.268 e. The van der Waals surface area contributed by atoms with Crippen LogP contribution in [0.25, 0.3) is 6.08 Å². The van der Waals surface area contributed by atoms with Gasteiger partial charge in [0, 0.05) is 15.9 Å². The van der Waals surface area contributed by atoms with Gasteiger partial charge in [-0.25, -0.2) is 0 Å². The van der Waals surface area contributed by atoms with Crippen molar-refractivity contribution in [3.8, 4) is 0 Å². The van der Waals surface area contributed by atoms with Crippen molar-refractivity contribution in [3.63, 3.8) is 0 Å². The molecule has 1 heterocycles. The molecule has 0 atom stereocenters. The predicted octanol–water partition coefficient (Wildman–Crippen LogP) is 7.11. The van der Waals surface area contributed by atoms with Gasteiger partial charge < -0.3 is 0 Å². The molecule has 4 rings (SSSR count). The number of nitro groups is 1. The van der Waals surface area contributed by atoms with Gasteiger partial charge in [-0.1, -0.05) is 77.2 Å². The van der Waals surface area contributed by atoms with Crippen molar-refractivity contribution < 1.29 is 9.72 Å². The quantitative estimate of drug-likeness (QED) is 0.161. The average Bonchev–Trinajstić information content (AvgIpc) is 3.03. The Labute approximate surface area is 203 Å². The Morgan fingerprint density at radius 1 is 1.09 bits per heavy atom. The van der Waals surface area contributed by atoms with Crippen molar-refractivity contribution in [1.82, 2.24) is 0 Å². The van der Waals surface area contributed by atoms with E-state index in [0.717, 1.165) is 27.1 Å². The average molecular weight is 499 g/mol. The lowest BCUT2D eigenvalue weighted by Crippen LogP contribution is -2.27. The lowest BCUT2D eigenvalue weighted by atomic mass is 10.1. The van der Waals surface area contributed by atoms with E-state index in [2.05, 4.69) is 0 Å². The second-order valence-corrected chi connectivity index (χ2v) is 10.1. The number of amides is 1. The highest BCUT2D eigenvalue weighted by Crippen LogP contribution is 2.40. The summed E-state index contributed by atoms with van der Waals surface area (Å²) >= 11 is 14.2. The highest BCUT2D eigenvalue weighted by Gasteiger charge is 2.34. The van der Waals surface area contributed by atoms with Gasteiger partial charge in [-0.05, 0) is 49.4 Å². The number of anilines is 1. The van der Waals surface area contributed by atoms with E-state index in [9.17, 15) is 14.9 Å². The van der Waals surface area contributed by atoms with Crippen LogP contribution in [-0.2, 0) is 4.79 Å². The first kappa shape index (κ1) is 22.5. The molecule has 0 bridgehead atoms. The maximum atomic E-state index is 13.1. The molecule has 1 amide bonds. The third-order valence-electron chi connectivity index (χ3n) is 4.63. The Kier molecular flexibility index (Phi) is 6.66. The van der Waals surface area contributed by atoms with E-state index in [0.29, 0.717) is 25.5 Å². The van der Waals surface area contributed by atoms with Crippen LogP contribution in [0, 0.1) is 17.0 Å². The first-order valence-corrected chi connectivity index (χ1v) is 11.8. The highest BCUT2D eigenvalue weighted by atomic mass is 35.5. The van der Waals surface area contributed by atoms with Gasteiger partial charge in [0.1, 0.15) is 0 Å². The first-order valence-electron chi connectivity index (χ1n) is 9.39. The molecule has 0 radical (unpaired) electrons. The van der Waals surface area contributed by atoms with Crippen LogP contribution in [0.4, 0.5) is 11.4 Å². The molecule has 0 spiro atoms. The number of thioether (sulfide) groups is 1. The molecular formula is C23H15ClN2O3S3. The number of rotatable bonds is 5. The van der Waals surface area contributed by atoms with Crippen molar-refractivity contribution in [1.29, 1.82) is 0 Å². The Hall–Kier alpha value is -2.65. The van der Waals surface area contributed by atoms with Gasteiger partial charge in [-0.15, -0.1) is 0 Å². The summed E-state index contributed by atoms with van der Waals surface area (Å²) in [6.07, 6.45) is 1.52. The Bertz CT molecular complexity index is 1280. The molecule has 1 fully saturated rings. The number of carbonyl (C=O) groups excluding carboxylic acids is 1. The Morgan fingerprint density at radius 2 is 1.78 bits per heavy atom. The zero-order valence-electron chi connectivity index (χ0n) is 16.7. The number of para-hydroxylation sites is 1. The zero-order chi connectivity index (χ0) is 22.8. The molecule has 1 saturated heterocycles. The topological polar surface area (TPSA) is 63.5 Å². The van der Waals surface area contributed by atoms with E-state index in [1.807, 2.05) is 31.2 Å². The number of carbonyl (C=O) groups is 1. The molecule has 32 heavy (non-hydrogen) atoms. The summed E-state index contributed by atoms with van der Waals surface area (Å²) in [4.78, 5) is 27.7. The summed E-state index contributed by atoms with van der Waals surface area (Å²) in [6, 6.07) is 19.8. The minimum absolute atomic E-state index is 0.0822. The molecule has 3 aromatic rings. The maximum absolute atomic E-state index is 13.1. The van der Waals surface area contributed by atoms with E-state index in [4.69, 9.17) is 23.8 Å². The summed E-state index contributed by atoms with van der Waals surface area (Å²) in [5.74, 6) is -0.362. The number of hydrogen-bond acceptors (Lipinski definition) is 6. The molecule has 160 valence electrons. The largest absolute Gasteiger partial charge is 0.276 e. The summed E-state index contributed by atoms with van der Waals surface area (Å²) in [7, 11) is 0. The fourth-order valence-electron chi connectivity index (χ4n) is 3.07. The van der Waals surface area contributed by atoms with Crippen molar-refractivity contribution in [2.75, 3.05) is 4.90 Å². The summed E-state index contributed by atoms with van der Waals surface area (Å²) < 4.78 is 0.321. The van der Waals surface area contributed by atoms with Crippen molar-refractivity contribution >= 4 is 75.0 Å². The van der Waals surface area contributed by atoms with Crippen LogP contribution >= 0.6 is 47.3 Å². The lowest BCUT2D eigenvalue weighted by molar-refractivity contribution is -0.385. The van der Waals surface area contributed by atoms with E-state index in [1.165, 1.54) is 28.8 Å². The Morgan fingerprint density at radius 3 is 2.47 bits per heavy atom. The van der Waals surface area contributed by atoms with Crippen LogP contribution in [0.3, 0.4) is 0 Å². The van der Waals surface area contributed by atoms with Crippen LogP contribution in [0.1, 0.15) is 11.1 Å². The third kappa shape index (κ3) is 4.73. The van der Waals surface area contributed by atoms with Crippen LogP contribution in [0.15, 0.2) is 81.4 Å². The molecule has 3 aromatic carbocycles. The van der Waals surface area contributed by atoms with Crippen molar-refractivity contribution in [2.45, 2.75) is 16.7 Å². The van der Waals surface area contributed by atoms with Gasteiger partial charge in [-0.2, -0.15) is 0 Å². The number of thiocarbonyl (C=S) groups is 1. The molecule has 5 nitrogen and oxygen atoms in total. The lowest BCUT2D eigenvalue weighted by Gasteiger charge is -2.15. The van der Waals surface area contributed by atoms with E-state index in [1.54, 1.807) is 36.4 Å². The Balaban J connectivity index is 1.69. The monoisotopic (exact) mass is 498 g/mol. The van der Waals surface area contributed by atoms with Gasteiger partial charge in [0.05, 0.1) is 26.1 Å². The summed E-state index contributed by atoms with van der Waals surface area (Å²) in [5.41, 5.74) is 1.89. The van der Waals surface area contributed by atoms with E-state index < -0.39 is 4.92 Å². The van der Waals surface area contributed by atoms with Crippen LogP contribution in [-0.4, -0.2) is 15.2 Å².